The summed E-state index contributed by atoms with van der Waals surface area (Å²) in [5.41, 5.74) is 1.36. The van der Waals surface area contributed by atoms with Crippen molar-refractivity contribution >= 4 is 27.6 Å². The van der Waals surface area contributed by atoms with Crippen LogP contribution in [0.1, 0.15) is 15.9 Å². The van der Waals surface area contributed by atoms with Crippen LogP contribution >= 0.6 is 0 Å². The monoisotopic (exact) mass is 424 g/mol. The summed E-state index contributed by atoms with van der Waals surface area (Å²) in [4.78, 5) is 25.4. The molecule has 0 bridgehead atoms. The molecule has 3 rings (SSSR count). The van der Waals surface area contributed by atoms with Crippen molar-refractivity contribution in [3.8, 4) is 0 Å². The number of benzene rings is 3. The predicted molar refractivity (Wildman–Crippen MR) is 113 cm³/mol. The van der Waals surface area contributed by atoms with Crippen LogP contribution in [-0.4, -0.2) is 36.8 Å². The van der Waals surface area contributed by atoms with Crippen LogP contribution < -0.4 is 4.72 Å². The van der Waals surface area contributed by atoms with E-state index < -0.39 is 28.4 Å². The summed E-state index contributed by atoms with van der Waals surface area (Å²) in [5.74, 6) is -1.58. The van der Waals surface area contributed by atoms with Gasteiger partial charge in [-0.2, -0.15) is 0 Å². The van der Waals surface area contributed by atoms with E-state index in [2.05, 4.69) is 4.72 Å². The minimum Gasteiger partial charge on any atom is -0.480 e. The van der Waals surface area contributed by atoms with Crippen LogP contribution in [0.15, 0.2) is 89.8 Å². The molecule has 0 fully saturated rings. The predicted octanol–water partition coefficient (Wildman–Crippen LogP) is 3.21. The van der Waals surface area contributed by atoms with Crippen molar-refractivity contribution in [3.63, 3.8) is 0 Å². The van der Waals surface area contributed by atoms with Gasteiger partial charge in [0.15, 0.2) is 0 Å². The second-order valence-corrected chi connectivity index (χ2v) is 8.22. The summed E-state index contributed by atoms with van der Waals surface area (Å²) in [6.07, 6.45) is 0. The third-order valence-electron chi connectivity index (χ3n) is 4.27. The summed E-state index contributed by atoms with van der Waals surface area (Å²) in [5, 5.41) is 9.17. The number of carbonyl (C=O) groups is 2. The molecule has 0 aliphatic rings. The normalized spacial score (nSPS) is 10.9. The highest BCUT2D eigenvalue weighted by Crippen LogP contribution is 2.18. The number of hydrogen-bond acceptors (Lipinski definition) is 4. The molecule has 3 aromatic rings. The highest BCUT2D eigenvalue weighted by atomic mass is 32.2. The lowest BCUT2D eigenvalue weighted by molar-refractivity contribution is -0.137. The number of rotatable bonds is 8. The van der Waals surface area contributed by atoms with E-state index in [9.17, 15) is 18.0 Å². The van der Waals surface area contributed by atoms with E-state index >= 15 is 0 Å². The molecule has 3 aromatic carbocycles. The number of carboxylic acids is 1. The Balaban J connectivity index is 1.76. The molecule has 0 saturated carbocycles. The first kappa shape index (κ1) is 21.1. The van der Waals surface area contributed by atoms with Crippen LogP contribution in [0.4, 0.5) is 5.69 Å². The van der Waals surface area contributed by atoms with E-state index in [-0.39, 0.29) is 17.0 Å². The van der Waals surface area contributed by atoms with E-state index in [0.29, 0.717) is 5.69 Å². The Labute approximate surface area is 174 Å². The molecule has 0 atom stereocenters. The summed E-state index contributed by atoms with van der Waals surface area (Å²) in [6.45, 7) is -0.301. The lowest BCUT2D eigenvalue weighted by Gasteiger charge is -2.21. The van der Waals surface area contributed by atoms with E-state index in [1.165, 1.54) is 41.3 Å². The summed E-state index contributed by atoms with van der Waals surface area (Å²) >= 11 is 0. The van der Waals surface area contributed by atoms with Crippen molar-refractivity contribution in [1.82, 2.24) is 4.90 Å². The average Bonchev–Trinajstić information content (AvgIpc) is 2.74. The van der Waals surface area contributed by atoms with Gasteiger partial charge in [0.05, 0.1) is 4.90 Å². The largest absolute Gasteiger partial charge is 0.480 e. The number of sulfonamides is 1. The molecule has 0 radical (unpaired) electrons. The van der Waals surface area contributed by atoms with E-state index in [1.54, 1.807) is 18.2 Å². The molecule has 0 aliphatic carbocycles. The first-order chi connectivity index (χ1) is 14.3. The molecule has 0 aromatic heterocycles. The first-order valence-corrected chi connectivity index (χ1v) is 10.6. The van der Waals surface area contributed by atoms with Gasteiger partial charge in [-0.1, -0.05) is 48.5 Å². The smallest absolute Gasteiger partial charge is 0.323 e. The van der Waals surface area contributed by atoms with Crippen molar-refractivity contribution in [2.24, 2.45) is 0 Å². The second kappa shape index (κ2) is 9.23. The van der Waals surface area contributed by atoms with Gasteiger partial charge in [0.25, 0.3) is 15.9 Å². The Morgan fingerprint density at radius 2 is 1.40 bits per heavy atom. The molecular weight excluding hydrogens is 404 g/mol. The zero-order valence-electron chi connectivity index (χ0n) is 15.9. The maximum absolute atomic E-state index is 12.8. The van der Waals surface area contributed by atoms with Crippen LogP contribution in [0.5, 0.6) is 0 Å². The van der Waals surface area contributed by atoms with Gasteiger partial charge in [-0.25, -0.2) is 8.42 Å². The van der Waals surface area contributed by atoms with Crippen LogP contribution in [0.2, 0.25) is 0 Å². The molecule has 7 nitrogen and oxygen atoms in total. The summed E-state index contributed by atoms with van der Waals surface area (Å²) in [7, 11) is -3.74. The van der Waals surface area contributed by atoms with Crippen molar-refractivity contribution in [2.45, 2.75) is 11.4 Å². The maximum Gasteiger partial charge on any atom is 0.323 e. The Morgan fingerprint density at radius 3 is 1.97 bits per heavy atom. The van der Waals surface area contributed by atoms with Crippen molar-refractivity contribution in [1.29, 1.82) is 0 Å². The Morgan fingerprint density at radius 1 is 0.833 bits per heavy atom. The molecule has 1 amide bonds. The number of amides is 1. The average molecular weight is 424 g/mol. The fraction of sp³-hybridized carbons (Fsp3) is 0.0909. The maximum atomic E-state index is 12.8. The number of carbonyl (C=O) groups excluding carboxylic acids is 1. The van der Waals surface area contributed by atoms with Gasteiger partial charge in [-0.05, 0) is 42.0 Å². The quantitative estimate of drug-likeness (QED) is 0.578. The fourth-order valence-corrected chi connectivity index (χ4v) is 3.92. The lowest BCUT2D eigenvalue weighted by atomic mass is 10.1. The zero-order chi connectivity index (χ0) is 21.6. The molecule has 154 valence electrons. The minimum atomic E-state index is -3.74. The number of anilines is 1. The highest BCUT2D eigenvalue weighted by molar-refractivity contribution is 7.92. The highest BCUT2D eigenvalue weighted by Gasteiger charge is 2.19. The van der Waals surface area contributed by atoms with Crippen LogP contribution in [-0.2, 0) is 21.4 Å². The van der Waals surface area contributed by atoms with Gasteiger partial charge in [-0.15, -0.1) is 0 Å². The molecule has 30 heavy (non-hydrogen) atoms. The molecule has 0 saturated heterocycles. The molecular formula is C22H20N2O5S. The SMILES string of the molecule is O=C(O)CN(Cc1ccccc1)C(=O)c1ccc(NS(=O)(=O)c2ccccc2)cc1. The summed E-state index contributed by atoms with van der Waals surface area (Å²) < 4.78 is 27.3. The Bertz CT molecular complexity index is 1120. The topological polar surface area (TPSA) is 104 Å². The number of aliphatic carboxylic acids is 1. The van der Waals surface area contributed by atoms with Crippen LogP contribution in [0.25, 0.3) is 0 Å². The van der Waals surface area contributed by atoms with Gasteiger partial charge >= 0.3 is 5.97 Å². The van der Waals surface area contributed by atoms with E-state index in [1.807, 2.05) is 30.3 Å². The molecule has 0 unspecified atom stereocenters. The van der Waals surface area contributed by atoms with Gasteiger partial charge in [0, 0.05) is 17.8 Å². The summed E-state index contributed by atoms with van der Waals surface area (Å²) in [6, 6.07) is 22.9. The third kappa shape index (κ3) is 5.45. The van der Waals surface area contributed by atoms with E-state index in [4.69, 9.17) is 5.11 Å². The Kier molecular flexibility index (Phi) is 6.48. The van der Waals surface area contributed by atoms with E-state index in [0.717, 1.165) is 5.56 Å². The molecule has 0 aliphatic heterocycles. The lowest BCUT2D eigenvalue weighted by Crippen LogP contribution is -2.35. The van der Waals surface area contributed by atoms with Crippen molar-refractivity contribution in [3.05, 3.63) is 96.1 Å². The number of carboxylic acid groups (broad SMARTS) is 1. The minimum absolute atomic E-state index is 0.126. The first-order valence-electron chi connectivity index (χ1n) is 9.08. The molecule has 0 heterocycles. The zero-order valence-corrected chi connectivity index (χ0v) is 16.7. The molecule has 2 N–H and O–H groups in total. The van der Waals surface area contributed by atoms with Gasteiger partial charge in [0.2, 0.25) is 0 Å². The van der Waals surface area contributed by atoms with Crippen LogP contribution in [0.3, 0.4) is 0 Å². The molecule has 0 spiro atoms. The molecule has 8 heteroatoms. The van der Waals surface area contributed by atoms with Crippen molar-refractivity contribution in [2.75, 3.05) is 11.3 Å². The third-order valence-corrected chi connectivity index (χ3v) is 5.66. The van der Waals surface area contributed by atoms with Crippen LogP contribution in [0, 0.1) is 0 Å². The number of nitrogens with zero attached hydrogens (tertiary/aromatic N) is 1. The Hall–Kier alpha value is -3.65. The number of hydrogen-bond donors (Lipinski definition) is 2. The standard InChI is InChI=1S/C22H20N2O5S/c25-21(26)16-24(15-17-7-3-1-4-8-17)22(27)18-11-13-19(14-12-18)23-30(28,29)20-9-5-2-6-10-20/h1-14,23H,15-16H2,(H,25,26). The van der Waals surface area contributed by atoms with Gasteiger partial charge in [-0.3, -0.25) is 14.3 Å². The van der Waals surface area contributed by atoms with Gasteiger partial charge in [0.1, 0.15) is 6.54 Å². The van der Waals surface area contributed by atoms with Crippen molar-refractivity contribution < 1.29 is 23.1 Å². The number of nitrogens with one attached hydrogen (secondary N) is 1. The second-order valence-electron chi connectivity index (χ2n) is 6.54. The fourth-order valence-electron chi connectivity index (χ4n) is 2.84. The van der Waals surface area contributed by atoms with Gasteiger partial charge < -0.3 is 10.0 Å².